The number of benzene rings is 1. The zero-order valence-corrected chi connectivity index (χ0v) is 12.7. The minimum absolute atomic E-state index is 0.250. The predicted octanol–water partition coefficient (Wildman–Crippen LogP) is 4.40. The molecular weight excluding hydrogens is 288 g/mol. The first-order valence-corrected chi connectivity index (χ1v) is 7.31. The largest absolute Gasteiger partial charge is 0.271 e. The zero-order chi connectivity index (χ0) is 13.4. The van der Waals surface area contributed by atoms with Crippen LogP contribution in [0.2, 0.25) is 0 Å². The molecule has 18 heavy (non-hydrogen) atoms. The number of unbranched alkanes of at least 4 members (excludes halogenated alkanes) is 3. The van der Waals surface area contributed by atoms with Crippen molar-refractivity contribution < 1.29 is 0 Å². The Labute approximate surface area is 119 Å². The van der Waals surface area contributed by atoms with Crippen molar-refractivity contribution in [3.05, 3.63) is 46.5 Å². The first-order chi connectivity index (χ1) is 8.69. The summed E-state index contributed by atoms with van der Waals surface area (Å²) < 4.78 is 1.15. The van der Waals surface area contributed by atoms with Crippen LogP contribution in [-0.2, 0) is 0 Å². The number of hydrogen-bond donors (Lipinski definition) is 2. The molecule has 0 radical (unpaired) electrons. The molecule has 1 rings (SSSR count). The fraction of sp³-hybridized carbons (Fsp3) is 0.467. The summed E-state index contributed by atoms with van der Waals surface area (Å²) in [6.45, 7) is 5.84. The Morgan fingerprint density at radius 2 is 2.17 bits per heavy atom. The van der Waals surface area contributed by atoms with Crippen molar-refractivity contribution in [3.8, 4) is 0 Å². The monoisotopic (exact) mass is 310 g/mol. The minimum atomic E-state index is 0.250. The van der Waals surface area contributed by atoms with Gasteiger partial charge < -0.3 is 0 Å². The number of hydrogen-bond acceptors (Lipinski definition) is 2. The SMILES string of the molecule is C=CCCCCCC(NN)c1ccc(Br)c(C)c1. The third-order valence-corrected chi connectivity index (χ3v) is 4.08. The highest BCUT2D eigenvalue weighted by molar-refractivity contribution is 9.10. The molecule has 0 saturated heterocycles. The Balaban J connectivity index is 2.49. The summed E-state index contributed by atoms with van der Waals surface area (Å²) in [5, 5.41) is 0. The lowest BCUT2D eigenvalue weighted by Crippen LogP contribution is -2.28. The Morgan fingerprint density at radius 1 is 1.39 bits per heavy atom. The highest BCUT2D eigenvalue weighted by atomic mass is 79.9. The van der Waals surface area contributed by atoms with E-state index in [-0.39, 0.29) is 6.04 Å². The molecule has 0 fully saturated rings. The molecule has 1 atom stereocenters. The zero-order valence-electron chi connectivity index (χ0n) is 11.1. The third-order valence-electron chi connectivity index (χ3n) is 3.19. The van der Waals surface area contributed by atoms with E-state index >= 15 is 0 Å². The summed E-state index contributed by atoms with van der Waals surface area (Å²) in [6.07, 6.45) is 7.82. The second-order valence-electron chi connectivity index (χ2n) is 4.65. The minimum Gasteiger partial charge on any atom is -0.271 e. The summed E-state index contributed by atoms with van der Waals surface area (Å²) in [7, 11) is 0. The smallest absolute Gasteiger partial charge is 0.0460 e. The Morgan fingerprint density at radius 3 is 2.78 bits per heavy atom. The van der Waals surface area contributed by atoms with Gasteiger partial charge in [-0.3, -0.25) is 11.3 Å². The molecule has 100 valence electrons. The molecule has 3 N–H and O–H groups in total. The van der Waals surface area contributed by atoms with Crippen molar-refractivity contribution in [2.45, 2.75) is 45.1 Å². The van der Waals surface area contributed by atoms with E-state index in [9.17, 15) is 0 Å². The van der Waals surface area contributed by atoms with E-state index in [0.29, 0.717) is 0 Å². The van der Waals surface area contributed by atoms with Gasteiger partial charge in [-0.1, -0.05) is 47.0 Å². The Kier molecular flexibility index (Phi) is 7.25. The van der Waals surface area contributed by atoms with Crippen LogP contribution in [0, 0.1) is 6.92 Å². The van der Waals surface area contributed by atoms with Crippen LogP contribution in [0.4, 0.5) is 0 Å². The topological polar surface area (TPSA) is 38.0 Å². The van der Waals surface area contributed by atoms with E-state index < -0.39 is 0 Å². The molecule has 0 spiro atoms. The average molecular weight is 311 g/mol. The molecule has 0 bridgehead atoms. The lowest BCUT2D eigenvalue weighted by molar-refractivity contribution is 0.483. The van der Waals surface area contributed by atoms with Crippen LogP contribution in [0.3, 0.4) is 0 Å². The molecule has 0 aliphatic heterocycles. The third kappa shape index (κ3) is 4.92. The number of halogens is 1. The van der Waals surface area contributed by atoms with Crippen molar-refractivity contribution in [2.24, 2.45) is 5.84 Å². The van der Waals surface area contributed by atoms with Gasteiger partial charge in [0.1, 0.15) is 0 Å². The van der Waals surface area contributed by atoms with Gasteiger partial charge in [-0.05, 0) is 43.4 Å². The summed E-state index contributed by atoms with van der Waals surface area (Å²) in [6, 6.07) is 6.66. The van der Waals surface area contributed by atoms with Gasteiger partial charge in [0, 0.05) is 10.5 Å². The number of aryl methyl sites for hydroxylation is 1. The number of hydrazine groups is 1. The quantitative estimate of drug-likeness (QED) is 0.323. The normalized spacial score (nSPS) is 12.4. The molecule has 0 aromatic heterocycles. The average Bonchev–Trinajstić information content (AvgIpc) is 2.37. The van der Waals surface area contributed by atoms with Crippen molar-refractivity contribution in [1.29, 1.82) is 0 Å². The van der Waals surface area contributed by atoms with Gasteiger partial charge >= 0.3 is 0 Å². The number of allylic oxidation sites excluding steroid dienone is 1. The predicted molar refractivity (Wildman–Crippen MR) is 82.2 cm³/mol. The first kappa shape index (κ1) is 15.4. The number of nitrogens with one attached hydrogen (secondary N) is 1. The molecule has 0 saturated carbocycles. The fourth-order valence-corrected chi connectivity index (χ4v) is 2.29. The Bertz CT molecular complexity index is 377. The van der Waals surface area contributed by atoms with Gasteiger partial charge in [0.25, 0.3) is 0 Å². The van der Waals surface area contributed by atoms with E-state index in [0.717, 1.165) is 17.3 Å². The lowest BCUT2D eigenvalue weighted by atomic mass is 9.99. The first-order valence-electron chi connectivity index (χ1n) is 6.52. The molecule has 3 heteroatoms. The summed E-state index contributed by atoms with van der Waals surface area (Å²) in [5.41, 5.74) is 5.44. The van der Waals surface area contributed by atoms with Crippen LogP contribution in [0.1, 0.15) is 49.3 Å². The van der Waals surface area contributed by atoms with Gasteiger partial charge in [0.05, 0.1) is 0 Å². The standard InChI is InChI=1S/C15H23BrN2/c1-3-4-5-6-7-8-15(18-17)13-9-10-14(16)12(2)11-13/h3,9-11,15,18H,1,4-8,17H2,2H3. The van der Waals surface area contributed by atoms with Gasteiger partial charge in [-0.15, -0.1) is 6.58 Å². The summed E-state index contributed by atoms with van der Waals surface area (Å²) in [5.74, 6) is 5.66. The molecule has 0 amide bonds. The van der Waals surface area contributed by atoms with Crippen LogP contribution in [-0.4, -0.2) is 0 Å². The summed E-state index contributed by atoms with van der Waals surface area (Å²) >= 11 is 3.52. The van der Waals surface area contributed by atoms with E-state index in [4.69, 9.17) is 5.84 Å². The maximum Gasteiger partial charge on any atom is 0.0460 e. The van der Waals surface area contributed by atoms with E-state index in [2.05, 4.69) is 53.1 Å². The van der Waals surface area contributed by atoms with Crippen molar-refractivity contribution in [2.75, 3.05) is 0 Å². The van der Waals surface area contributed by atoms with Crippen molar-refractivity contribution >= 4 is 15.9 Å². The van der Waals surface area contributed by atoms with Gasteiger partial charge in [0.15, 0.2) is 0 Å². The maximum atomic E-state index is 5.66. The molecule has 0 heterocycles. The van der Waals surface area contributed by atoms with E-state index in [1.54, 1.807) is 0 Å². The fourth-order valence-electron chi connectivity index (χ4n) is 2.04. The Hall–Kier alpha value is -0.640. The van der Waals surface area contributed by atoms with Crippen LogP contribution in [0.15, 0.2) is 35.3 Å². The summed E-state index contributed by atoms with van der Waals surface area (Å²) in [4.78, 5) is 0. The van der Waals surface area contributed by atoms with Gasteiger partial charge in [0.2, 0.25) is 0 Å². The van der Waals surface area contributed by atoms with Crippen LogP contribution in [0.25, 0.3) is 0 Å². The molecular formula is C15H23BrN2. The highest BCUT2D eigenvalue weighted by Crippen LogP contribution is 2.24. The molecule has 2 nitrogen and oxygen atoms in total. The van der Waals surface area contributed by atoms with Crippen molar-refractivity contribution in [1.82, 2.24) is 5.43 Å². The molecule has 1 unspecified atom stereocenters. The van der Waals surface area contributed by atoms with Crippen LogP contribution >= 0.6 is 15.9 Å². The van der Waals surface area contributed by atoms with Crippen LogP contribution < -0.4 is 11.3 Å². The molecule has 0 aliphatic carbocycles. The second kappa shape index (κ2) is 8.46. The number of nitrogens with two attached hydrogens (primary N) is 1. The molecule has 0 aliphatic rings. The van der Waals surface area contributed by atoms with Gasteiger partial charge in [-0.25, -0.2) is 0 Å². The second-order valence-corrected chi connectivity index (χ2v) is 5.51. The molecule has 1 aromatic carbocycles. The van der Waals surface area contributed by atoms with E-state index in [1.165, 1.54) is 30.4 Å². The number of rotatable bonds is 8. The lowest BCUT2D eigenvalue weighted by Gasteiger charge is -2.17. The van der Waals surface area contributed by atoms with Crippen LogP contribution in [0.5, 0.6) is 0 Å². The maximum absolute atomic E-state index is 5.66. The van der Waals surface area contributed by atoms with Gasteiger partial charge in [-0.2, -0.15) is 0 Å². The van der Waals surface area contributed by atoms with E-state index in [1.807, 2.05) is 6.08 Å². The molecule has 1 aromatic rings. The van der Waals surface area contributed by atoms with Crippen molar-refractivity contribution in [3.63, 3.8) is 0 Å². The highest BCUT2D eigenvalue weighted by Gasteiger charge is 2.10.